The van der Waals surface area contributed by atoms with Crippen LogP contribution in [0.3, 0.4) is 0 Å². The van der Waals surface area contributed by atoms with Gasteiger partial charge in [-0.1, -0.05) is 31.2 Å². The summed E-state index contributed by atoms with van der Waals surface area (Å²) < 4.78 is 69.5. The van der Waals surface area contributed by atoms with Gasteiger partial charge in [0.25, 0.3) is 0 Å². The van der Waals surface area contributed by atoms with E-state index in [-0.39, 0.29) is 42.6 Å². The fourth-order valence-corrected chi connectivity index (χ4v) is 5.79. The number of nitrogens with one attached hydrogen (secondary N) is 1. The fourth-order valence-electron chi connectivity index (χ4n) is 4.22. The molecule has 1 amide bonds. The first-order valence-electron chi connectivity index (χ1n) is 12.4. The second-order valence-electron chi connectivity index (χ2n) is 9.05. The Labute approximate surface area is 233 Å². The molecule has 1 aromatic heterocycles. The van der Waals surface area contributed by atoms with Gasteiger partial charge in [0, 0.05) is 26.2 Å². The number of rotatable bonds is 9. The molecule has 1 saturated heterocycles. The number of alkyl halides is 3. The Morgan fingerprint density at radius 2 is 1.68 bits per heavy atom. The average Bonchev–Trinajstić information content (AvgIpc) is 2.95. The molecule has 1 aliphatic heterocycles. The van der Waals surface area contributed by atoms with Crippen molar-refractivity contribution in [1.82, 2.24) is 19.6 Å². The van der Waals surface area contributed by atoms with E-state index in [0.29, 0.717) is 5.56 Å². The number of sulfonamides is 1. The molecule has 218 valence electrons. The zero-order chi connectivity index (χ0) is 29.8. The Morgan fingerprint density at radius 1 is 1.02 bits per heavy atom. The number of carboxylic acids is 1. The lowest BCUT2D eigenvalue weighted by Gasteiger charge is -2.40. The maximum absolute atomic E-state index is 13.6. The minimum atomic E-state index is -4.84. The zero-order valence-corrected chi connectivity index (χ0v) is 22.5. The molecule has 11 nitrogen and oxygen atoms in total. The van der Waals surface area contributed by atoms with Crippen molar-refractivity contribution in [3.05, 3.63) is 77.7 Å². The van der Waals surface area contributed by atoms with Crippen molar-refractivity contribution in [3.63, 3.8) is 0 Å². The number of halogens is 3. The molecule has 0 bridgehead atoms. The molecule has 3 aromatic rings. The molecule has 2 aromatic carbocycles. The van der Waals surface area contributed by atoms with Gasteiger partial charge in [0.05, 0.1) is 17.3 Å². The van der Waals surface area contributed by atoms with E-state index >= 15 is 0 Å². The zero-order valence-electron chi connectivity index (χ0n) is 21.7. The first kappa shape index (κ1) is 29.7. The Kier molecular flexibility index (Phi) is 8.77. The van der Waals surface area contributed by atoms with Gasteiger partial charge in [-0.3, -0.25) is 4.79 Å². The molecule has 0 radical (unpaired) electrons. The van der Waals surface area contributed by atoms with Crippen LogP contribution in [0.2, 0.25) is 0 Å². The number of nitrogens with zero attached hydrogens (tertiary/aromatic N) is 4. The summed E-state index contributed by atoms with van der Waals surface area (Å²) in [4.78, 5) is 34.1. The van der Waals surface area contributed by atoms with Crippen LogP contribution in [-0.4, -0.2) is 71.7 Å². The van der Waals surface area contributed by atoms with E-state index in [2.05, 4.69) is 20.0 Å². The molecule has 0 aliphatic carbocycles. The highest BCUT2D eigenvalue weighted by Crippen LogP contribution is 2.25. The fraction of sp³-hybridized carbons (Fsp3) is 0.308. The third kappa shape index (κ3) is 7.29. The molecule has 41 heavy (non-hydrogen) atoms. The topological polar surface area (TPSA) is 142 Å². The average molecular weight is 594 g/mol. The molecule has 15 heteroatoms. The number of benzene rings is 2. The van der Waals surface area contributed by atoms with Crippen LogP contribution in [0, 0.1) is 0 Å². The van der Waals surface area contributed by atoms with E-state index in [4.69, 9.17) is 5.11 Å². The number of aromatic nitrogens is 2. The summed E-state index contributed by atoms with van der Waals surface area (Å²) in [6, 6.07) is 10.0. The van der Waals surface area contributed by atoms with E-state index in [9.17, 15) is 31.2 Å². The van der Waals surface area contributed by atoms with Gasteiger partial charge in [-0.05, 0) is 41.8 Å². The lowest BCUT2D eigenvalue weighted by molar-refractivity contribution is -0.274. The number of carbonyl (C=O) groups is 2. The first-order chi connectivity index (χ1) is 19.4. The number of piperazine rings is 1. The summed E-state index contributed by atoms with van der Waals surface area (Å²) in [5, 5.41) is 11.7. The molecule has 2 heterocycles. The third-order valence-electron chi connectivity index (χ3n) is 6.38. The summed E-state index contributed by atoms with van der Waals surface area (Å²) >= 11 is 0. The minimum Gasteiger partial charge on any atom is -0.476 e. The van der Waals surface area contributed by atoms with Crippen molar-refractivity contribution in [2.45, 2.75) is 37.2 Å². The minimum absolute atomic E-state index is 0.0202. The maximum Gasteiger partial charge on any atom is 0.573 e. The van der Waals surface area contributed by atoms with Gasteiger partial charge in [-0.15, -0.1) is 13.2 Å². The molecule has 0 unspecified atom stereocenters. The Bertz CT molecular complexity index is 1480. The number of carboxylic acid groups (broad SMARTS) is 1. The number of anilines is 1. The van der Waals surface area contributed by atoms with Crippen molar-refractivity contribution in [3.8, 4) is 5.75 Å². The highest BCUT2D eigenvalue weighted by atomic mass is 32.2. The van der Waals surface area contributed by atoms with Crippen molar-refractivity contribution < 1.29 is 41.0 Å². The predicted octanol–water partition coefficient (Wildman–Crippen LogP) is 2.83. The van der Waals surface area contributed by atoms with Crippen LogP contribution in [0.25, 0.3) is 0 Å². The molecular formula is C26H26F3N5O6S. The predicted molar refractivity (Wildman–Crippen MR) is 140 cm³/mol. The maximum atomic E-state index is 13.6. The summed E-state index contributed by atoms with van der Waals surface area (Å²) in [7, 11) is -4.10. The Balaban J connectivity index is 1.55. The lowest BCUT2D eigenvalue weighted by atomic mass is 10.1. The Morgan fingerprint density at radius 3 is 2.24 bits per heavy atom. The van der Waals surface area contributed by atoms with E-state index in [1.54, 1.807) is 17.0 Å². The van der Waals surface area contributed by atoms with E-state index in [0.717, 1.165) is 34.6 Å². The monoisotopic (exact) mass is 593 g/mol. The van der Waals surface area contributed by atoms with Gasteiger partial charge >= 0.3 is 12.3 Å². The van der Waals surface area contributed by atoms with Gasteiger partial charge in [-0.25, -0.2) is 23.2 Å². The SMILES string of the molecule is CCc1ccc(S(=O)(=O)N2CCN(c3cnc(C(=O)O)cn3)C[C@@H]2C(=O)NCc2ccc(OC(F)(F)F)cc2)cc1. The van der Waals surface area contributed by atoms with Crippen LogP contribution in [-0.2, 0) is 27.8 Å². The summed E-state index contributed by atoms with van der Waals surface area (Å²) in [5.74, 6) is -2.06. The van der Waals surface area contributed by atoms with Gasteiger partial charge < -0.3 is 20.1 Å². The molecular weight excluding hydrogens is 567 g/mol. The van der Waals surface area contributed by atoms with E-state index < -0.39 is 40.1 Å². The van der Waals surface area contributed by atoms with Crippen molar-refractivity contribution >= 4 is 27.7 Å². The van der Waals surface area contributed by atoms with E-state index in [1.807, 2.05) is 6.92 Å². The quantitative estimate of drug-likeness (QED) is 0.383. The second kappa shape index (κ2) is 12.1. The summed E-state index contributed by atoms with van der Waals surface area (Å²) in [5.41, 5.74) is 1.13. The van der Waals surface area contributed by atoms with Crippen LogP contribution >= 0.6 is 0 Å². The third-order valence-corrected chi connectivity index (χ3v) is 8.30. The molecule has 0 spiro atoms. The number of aromatic carboxylic acids is 1. The number of hydrogen-bond donors (Lipinski definition) is 2. The number of hydrogen-bond acceptors (Lipinski definition) is 8. The number of carbonyl (C=O) groups excluding carboxylic acids is 1. The lowest BCUT2D eigenvalue weighted by Crippen LogP contribution is -2.60. The smallest absolute Gasteiger partial charge is 0.476 e. The number of amides is 1. The van der Waals surface area contributed by atoms with Crippen molar-refractivity contribution in [1.29, 1.82) is 0 Å². The van der Waals surface area contributed by atoms with Gasteiger partial charge in [0.1, 0.15) is 17.6 Å². The van der Waals surface area contributed by atoms with Crippen LogP contribution in [0.1, 0.15) is 28.5 Å². The van der Waals surface area contributed by atoms with Gasteiger partial charge in [0.2, 0.25) is 15.9 Å². The normalized spacial score (nSPS) is 16.3. The van der Waals surface area contributed by atoms with Gasteiger partial charge in [0.15, 0.2) is 5.69 Å². The molecule has 2 N–H and O–H groups in total. The summed E-state index contributed by atoms with van der Waals surface area (Å²) in [6.07, 6.45) is -1.82. The van der Waals surface area contributed by atoms with Gasteiger partial charge in [-0.2, -0.15) is 4.31 Å². The van der Waals surface area contributed by atoms with Crippen LogP contribution < -0.4 is 15.0 Å². The van der Waals surface area contributed by atoms with Crippen molar-refractivity contribution in [2.75, 3.05) is 24.5 Å². The highest BCUT2D eigenvalue weighted by molar-refractivity contribution is 7.89. The molecule has 4 rings (SSSR count). The number of aryl methyl sites for hydroxylation is 1. The molecule has 1 fully saturated rings. The Hall–Kier alpha value is -4.24. The van der Waals surface area contributed by atoms with Crippen LogP contribution in [0.5, 0.6) is 5.75 Å². The van der Waals surface area contributed by atoms with Crippen LogP contribution in [0.15, 0.2) is 65.8 Å². The van der Waals surface area contributed by atoms with Crippen LogP contribution in [0.4, 0.5) is 19.0 Å². The standard InChI is InChI=1S/C26H26F3N5O6S/c1-2-17-5-9-20(10-6-17)41(38,39)34-12-11-33(23-15-30-21(14-31-23)25(36)37)16-22(34)24(35)32-13-18-3-7-19(8-4-18)40-26(27,28)29/h3-10,14-15,22H,2,11-13,16H2,1H3,(H,32,35)(H,36,37)/t22-/m1/s1. The second-order valence-corrected chi connectivity index (χ2v) is 10.9. The number of ether oxygens (including phenoxy) is 1. The van der Waals surface area contributed by atoms with Crippen molar-refractivity contribution in [2.24, 2.45) is 0 Å². The largest absolute Gasteiger partial charge is 0.573 e. The molecule has 0 saturated carbocycles. The molecule has 1 aliphatic rings. The molecule has 1 atom stereocenters. The first-order valence-corrected chi connectivity index (χ1v) is 13.8. The highest BCUT2D eigenvalue weighted by Gasteiger charge is 2.40. The summed E-state index contributed by atoms with van der Waals surface area (Å²) in [6.45, 7) is 1.80. The van der Waals surface area contributed by atoms with E-state index in [1.165, 1.54) is 30.5 Å².